The summed E-state index contributed by atoms with van der Waals surface area (Å²) in [4.78, 5) is 84.5. The van der Waals surface area contributed by atoms with Gasteiger partial charge in [0.2, 0.25) is 29.5 Å². The largest absolute Gasteiger partial charge is 0.361 e. The van der Waals surface area contributed by atoms with E-state index in [1.165, 1.54) is 36.8 Å². The molecule has 0 aliphatic carbocycles. The summed E-state index contributed by atoms with van der Waals surface area (Å²) in [5.74, 6) is -3.57. The first kappa shape index (κ1) is 37.3. The molecule has 2 aromatic carbocycles. The molecule has 14 heteroatoms. The summed E-state index contributed by atoms with van der Waals surface area (Å²) in [5, 5.41) is 14.9. The molecule has 0 unspecified atom stereocenters. The van der Waals surface area contributed by atoms with E-state index < -0.39 is 72.2 Å². The Hall–Kier alpha value is -5.53. The van der Waals surface area contributed by atoms with Crippen molar-refractivity contribution in [2.45, 2.75) is 71.2 Å². The highest BCUT2D eigenvalue weighted by Gasteiger charge is 2.35. The van der Waals surface area contributed by atoms with Crippen molar-refractivity contribution in [2.24, 2.45) is 5.92 Å². The zero-order valence-corrected chi connectivity index (χ0v) is 29.1. The molecule has 4 N–H and O–H groups in total. The standard InChI is InChI=1S/C36H45N7O7/c1-21(2)31-34(47)37-23(4)32(45)39-29(26-15-11-8-12-16-26)19-43(36(49)28-17-22(3)50-41-28)20-30(44)38-27(18-25-13-9-7-10-14-25)35(48)42(6)24(5)33(46)40-31/h7-17,21,23-24,27,29,31H,18-20H2,1-6H3,(H,37,47)(H,38,44)(H,39,45)(H,40,46)/t23-,24-,27-,29-,31+/m0/s1. The number of aromatic nitrogens is 1. The van der Waals surface area contributed by atoms with Crippen LogP contribution in [-0.4, -0.2) is 94.7 Å². The summed E-state index contributed by atoms with van der Waals surface area (Å²) in [6.07, 6.45) is 0.0954. The van der Waals surface area contributed by atoms with Crippen molar-refractivity contribution in [1.82, 2.24) is 36.2 Å². The molecule has 0 saturated carbocycles. The molecule has 1 aliphatic heterocycles. The Kier molecular flexibility index (Phi) is 12.5. The van der Waals surface area contributed by atoms with E-state index in [9.17, 15) is 28.8 Å². The molecular weight excluding hydrogens is 642 g/mol. The van der Waals surface area contributed by atoms with Crippen LogP contribution in [0.2, 0.25) is 0 Å². The molecular formula is C36H45N7O7. The molecule has 0 radical (unpaired) electrons. The second-order valence-corrected chi connectivity index (χ2v) is 12.9. The third kappa shape index (κ3) is 9.55. The van der Waals surface area contributed by atoms with Crippen LogP contribution >= 0.6 is 0 Å². The van der Waals surface area contributed by atoms with Crippen LogP contribution in [0.15, 0.2) is 71.3 Å². The second-order valence-electron chi connectivity index (χ2n) is 12.9. The fraction of sp³-hybridized carbons (Fsp3) is 0.417. The van der Waals surface area contributed by atoms with E-state index in [4.69, 9.17) is 4.52 Å². The summed E-state index contributed by atoms with van der Waals surface area (Å²) < 4.78 is 5.13. The fourth-order valence-electron chi connectivity index (χ4n) is 5.54. The van der Waals surface area contributed by atoms with E-state index in [-0.39, 0.29) is 24.6 Å². The average Bonchev–Trinajstić information content (AvgIpc) is 3.54. The number of benzene rings is 2. The van der Waals surface area contributed by atoms with Crippen molar-refractivity contribution in [3.05, 3.63) is 89.3 Å². The van der Waals surface area contributed by atoms with Crippen LogP contribution in [0.5, 0.6) is 0 Å². The van der Waals surface area contributed by atoms with Gasteiger partial charge in [0.05, 0.1) is 12.6 Å². The highest BCUT2D eigenvalue weighted by Crippen LogP contribution is 2.18. The van der Waals surface area contributed by atoms with Gasteiger partial charge in [-0.25, -0.2) is 0 Å². The van der Waals surface area contributed by atoms with Gasteiger partial charge in [-0.2, -0.15) is 0 Å². The van der Waals surface area contributed by atoms with Gasteiger partial charge < -0.3 is 35.6 Å². The summed E-state index contributed by atoms with van der Waals surface area (Å²) in [5.41, 5.74) is 1.33. The molecule has 5 atom stereocenters. The Balaban J connectivity index is 1.77. The molecule has 2 heterocycles. The second kappa shape index (κ2) is 16.7. The van der Waals surface area contributed by atoms with Gasteiger partial charge in [0.1, 0.15) is 29.9 Å². The van der Waals surface area contributed by atoms with Crippen LogP contribution in [0.1, 0.15) is 61.1 Å². The summed E-state index contributed by atoms with van der Waals surface area (Å²) in [7, 11) is 1.44. The van der Waals surface area contributed by atoms with Gasteiger partial charge in [-0.3, -0.25) is 28.8 Å². The number of amides is 6. The first-order valence-corrected chi connectivity index (χ1v) is 16.5. The van der Waals surface area contributed by atoms with E-state index in [2.05, 4.69) is 26.4 Å². The number of hydrogen-bond donors (Lipinski definition) is 4. The first-order valence-electron chi connectivity index (χ1n) is 16.5. The Bertz CT molecular complexity index is 1680. The number of carbonyl (C=O) groups is 6. The number of nitrogens with one attached hydrogen (secondary N) is 4. The van der Waals surface area contributed by atoms with Crippen LogP contribution in [0, 0.1) is 12.8 Å². The maximum atomic E-state index is 14.0. The van der Waals surface area contributed by atoms with Crippen molar-refractivity contribution in [2.75, 3.05) is 20.1 Å². The summed E-state index contributed by atoms with van der Waals surface area (Å²) in [6, 6.07) is 14.3. The third-order valence-corrected chi connectivity index (χ3v) is 8.61. The number of aryl methyl sites for hydroxylation is 1. The maximum absolute atomic E-state index is 14.0. The van der Waals surface area contributed by atoms with E-state index in [1.807, 2.05) is 18.2 Å². The number of carbonyl (C=O) groups excluding carboxylic acids is 6. The van der Waals surface area contributed by atoms with E-state index >= 15 is 0 Å². The number of likely N-dealkylation sites (N-methyl/N-ethyl adjacent to an activating group) is 1. The van der Waals surface area contributed by atoms with E-state index in [0.717, 1.165) is 5.56 Å². The quantitative estimate of drug-likeness (QED) is 0.311. The normalized spacial score (nSPS) is 23.3. The Morgan fingerprint density at radius 1 is 0.880 bits per heavy atom. The number of nitrogens with zero attached hydrogens (tertiary/aromatic N) is 3. The summed E-state index contributed by atoms with van der Waals surface area (Å²) in [6.45, 7) is 7.46. The smallest absolute Gasteiger partial charge is 0.276 e. The predicted molar refractivity (Wildman–Crippen MR) is 183 cm³/mol. The first-order chi connectivity index (χ1) is 23.7. The van der Waals surface area contributed by atoms with Crippen LogP contribution in [0.25, 0.3) is 0 Å². The highest BCUT2D eigenvalue weighted by atomic mass is 16.5. The van der Waals surface area contributed by atoms with E-state index in [1.54, 1.807) is 63.2 Å². The lowest BCUT2D eigenvalue weighted by atomic mass is 10.0. The molecule has 1 aromatic heterocycles. The van der Waals surface area contributed by atoms with Crippen molar-refractivity contribution in [3.63, 3.8) is 0 Å². The van der Waals surface area contributed by atoms with Crippen molar-refractivity contribution in [3.8, 4) is 0 Å². The van der Waals surface area contributed by atoms with Crippen LogP contribution < -0.4 is 21.3 Å². The Morgan fingerprint density at radius 3 is 2.12 bits per heavy atom. The average molecular weight is 688 g/mol. The topological polar surface area (TPSA) is 183 Å². The van der Waals surface area contributed by atoms with Gasteiger partial charge in [0, 0.05) is 26.1 Å². The van der Waals surface area contributed by atoms with Crippen LogP contribution in [0.3, 0.4) is 0 Å². The Morgan fingerprint density at radius 2 is 1.52 bits per heavy atom. The lowest BCUT2D eigenvalue weighted by molar-refractivity contribution is -0.142. The number of hydrogen-bond acceptors (Lipinski definition) is 8. The molecule has 1 fully saturated rings. The minimum absolute atomic E-state index is 0.0487. The molecule has 1 aliphatic rings. The van der Waals surface area contributed by atoms with Crippen molar-refractivity contribution < 1.29 is 33.3 Å². The molecule has 1 saturated heterocycles. The van der Waals surface area contributed by atoms with Gasteiger partial charge in [-0.05, 0) is 37.8 Å². The van der Waals surface area contributed by atoms with Crippen LogP contribution in [-0.2, 0) is 30.4 Å². The SMILES string of the molecule is Cc1cc(C(=O)N2CC(=O)N[C@@H](Cc3ccccc3)C(=O)N(C)[C@@H](C)C(=O)N[C@H](C(C)C)C(=O)N[C@@H](C)C(=O)N[C@H](c3ccccc3)C2)no1. The zero-order valence-electron chi connectivity index (χ0n) is 29.1. The van der Waals surface area contributed by atoms with Gasteiger partial charge in [0.25, 0.3) is 5.91 Å². The van der Waals surface area contributed by atoms with E-state index in [0.29, 0.717) is 11.3 Å². The Labute approximate surface area is 291 Å². The van der Waals surface area contributed by atoms with Crippen molar-refractivity contribution >= 4 is 35.4 Å². The lowest BCUT2D eigenvalue weighted by Crippen LogP contribution is -2.59. The minimum Gasteiger partial charge on any atom is -0.361 e. The third-order valence-electron chi connectivity index (χ3n) is 8.61. The summed E-state index contributed by atoms with van der Waals surface area (Å²) >= 11 is 0. The highest BCUT2D eigenvalue weighted by molar-refractivity contribution is 5.97. The fourth-order valence-corrected chi connectivity index (χ4v) is 5.54. The molecule has 6 amide bonds. The number of rotatable bonds is 5. The van der Waals surface area contributed by atoms with Gasteiger partial charge in [0.15, 0.2) is 5.69 Å². The molecule has 3 aromatic rings. The molecule has 266 valence electrons. The molecule has 4 rings (SSSR count). The maximum Gasteiger partial charge on any atom is 0.276 e. The lowest BCUT2D eigenvalue weighted by Gasteiger charge is -2.32. The van der Waals surface area contributed by atoms with Crippen LogP contribution in [0.4, 0.5) is 0 Å². The monoisotopic (exact) mass is 687 g/mol. The molecule has 0 bridgehead atoms. The molecule has 50 heavy (non-hydrogen) atoms. The van der Waals surface area contributed by atoms with Gasteiger partial charge in [-0.15, -0.1) is 0 Å². The van der Waals surface area contributed by atoms with Gasteiger partial charge in [-0.1, -0.05) is 79.7 Å². The molecule has 0 spiro atoms. The predicted octanol–water partition coefficient (Wildman–Crippen LogP) is 1.52. The minimum atomic E-state index is -1.12. The molecule has 14 nitrogen and oxygen atoms in total. The van der Waals surface area contributed by atoms with Crippen molar-refractivity contribution in [1.29, 1.82) is 0 Å². The van der Waals surface area contributed by atoms with Gasteiger partial charge >= 0.3 is 0 Å². The zero-order chi connectivity index (χ0) is 36.5.